The number of hydrogen-bond donors (Lipinski definition) is 2. The van der Waals surface area contributed by atoms with Gasteiger partial charge in [0.25, 0.3) is 5.91 Å². The predicted octanol–water partition coefficient (Wildman–Crippen LogP) is 2.69. The molecule has 0 saturated carbocycles. The van der Waals surface area contributed by atoms with Crippen LogP contribution in [0.4, 0.5) is 0 Å². The van der Waals surface area contributed by atoms with Gasteiger partial charge in [-0.25, -0.2) is 13.1 Å². The lowest BCUT2D eigenvalue weighted by Crippen LogP contribution is -2.31. The van der Waals surface area contributed by atoms with E-state index in [0.717, 1.165) is 25.7 Å². The Morgan fingerprint density at radius 2 is 1.92 bits per heavy atom. The molecule has 0 aromatic heterocycles. The molecule has 1 aromatic rings. The zero-order chi connectivity index (χ0) is 18.2. The summed E-state index contributed by atoms with van der Waals surface area (Å²) in [6.45, 7) is 6.17. The molecule has 7 heteroatoms. The monoisotopic (exact) mass is 356 g/mol. The van der Waals surface area contributed by atoms with Gasteiger partial charge in [-0.05, 0) is 38.5 Å². The average molecular weight is 356 g/mol. The summed E-state index contributed by atoms with van der Waals surface area (Å²) in [5, 5.41) is 2.82. The van der Waals surface area contributed by atoms with E-state index in [1.165, 1.54) is 19.2 Å². The van der Waals surface area contributed by atoms with Gasteiger partial charge >= 0.3 is 0 Å². The molecule has 1 aromatic carbocycles. The summed E-state index contributed by atoms with van der Waals surface area (Å²) >= 11 is 0. The number of carbonyl (C=O) groups excluding carboxylic acids is 1. The van der Waals surface area contributed by atoms with E-state index >= 15 is 0 Å². The summed E-state index contributed by atoms with van der Waals surface area (Å²) < 4.78 is 32.4. The third-order valence-corrected chi connectivity index (χ3v) is 5.10. The standard InChI is InChI=1S/C17H28N2O4S/c1-5-6-7-8-11-18-17(20)14-9-10-15(23-4)16(12-14)24(21,22)19-13(2)3/h9-10,12-13,19H,5-8,11H2,1-4H3,(H,18,20). The highest BCUT2D eigenvalue weighted by Gasteiger charge is 2.22. The number of benzene rings is 1. The number of sulfonamides is 1. The van der Waals surface area contributed by atoms with Gasteiger partial charge in [-0.3, -0.25) is 4.79 Å². The van der Waals surface area contributed by atoms with Crippen molar-refractivity contribution in [1.82, 2.24) is 10.0 Å². The van der Waals surface area contributed by atoms with Crippen LogP contribution < -0.4 is 14.8 Å². The molecule has 0 bridgehead atoms. The molecule has 0 fully saturated rings. The summed E-state index contributed by atoms with van der Waals surface area (Å²) in [6, 6.07) is 4.16. The van der Waals surface area contributed by atoms with Gasteiger partial charge in [-0.2, -0.15) is 0 Å². The van der Waals surface area contributed by atoms with E-state index in [2.05, 4.69) is 17.0 Å². The first-order valence-electron chi connectivity index (χ1n) is 8.30. The van der Waals surface area contributed by atoms with Crippen LogP contribution in [0.15, 0.2) is 23.1 Å². The van der Waals surface area contributed by atoms with Gasteiger partial charge in [0.05, 0.1) is 7.11 Å². The highest BCUT2D eigenvalue weighted by atomic mass is 32.2. The first-order chi connectivity index (χ1) is 11.3. The molecule has 0 aliphatic carbocycles. The van der Waals surface area contributed by atoms with Crippen molar-refractivity contribution in [1.29, 1.82) is 0 Å². The normalized spacial score (nSPS) is 11.5. The molecule has 0 atom stereocenters. The van der Waals surface area contributed by atoms with Crippen molar-refractivity contribution < 1.29 is 17.9 Å². The first-order valence-corrected chi connectivity index (χ1v) is 9.78. The lowest BCUT2D eigenvalue weighted by atomic mass is 10.2. The molecule has 0 radical (unpaired) electrons. The summed E-state index contributed by atoms with van der Waals surface area (Å²) in [5.41, 5.74) is 0.301. The molecule has 6 nitrogen and oxygen atoms in total. The highest BCUT2D eigenvalue weighted by Crippen LogP contribution is 2.25. The van der Waals surface area contributed by atoms with Crippen LogP contribution in [0.25, 0.3) is 0 Å². The topological polar surface area (TPSA) is 84.5 Å². The van der Waals surface area contributed by atoms with E-state index < -0.39 is 10.0 Å². The molecular weight excluding hydrogens is 328 g/mol. The average Bonchev–Trinajstić information content (AvgIpc) is 2.52. The fourth-order valence-electron chi connectivity index (χ4n) is 2.26. The van der Waals surface area contributed by atoms with E-state index in [0.29, 0.717) is 12.1 Å². The number of ether oxygens (including phenoxy) is 1. The summed E-state index contributed by atoms with van der Waals surface area (Å²) in [4.78, 5) is 12.2. The Morgan fingerprint density at radius 1 is 1.21 bits per heavy atom. The zero-order valence-corrected chi connectivity index (χ0v) is 15.7. The van der Waals surface area contributed by atoms with Gasteiger partial charge < -0.3 is 10.1 Å². The molecule has 0 aliphatic rings. The minimum Gasteiger partial charge on any atom is -0.495 e. The number of amides is 1. The Kier molecular flexibility index (Phi) is 8.21. The summed E-state index contributed by atoms with van der Waals surface area (Å²) in [6.07, 6.45) is 4.26. The first kappa shape index (κ1) is 20.4. The molecule has 0 spiro atoms. The van der Waals surface area contributed by atoms with Crippen molar-refractivity contribution in [2.45, 2.75) is 57.4 Å². The molecule has 0 saturated heterocycles. The van der Waals surface area contributed by atoms with E-state index in [1.807, 2.05) is 0 Å². The highest BCUT2D eigenvalue weighted by molar-refractivity contribution is 7.89. The molecular formula is C17H28N2O4S. The minimum absolute atomic E-state index is 0.0302. The summed E-state index contributed by atoms with van der Waals surface area (Å²) in [5.74, 6) is -0.0715. The van der Waals surface area contributed by atoms with Gasteiger partial charge in [0.15, 0.2) is 0 Å². The van der Waals surface area contributed by atoms with Crippen LogP contribution in [0.3, 0.4) is 0 Å². The maximum absolute atomic E-state index is 12.4. The van der Waals surface area contributed by atoms with Crippen LogP contribution in [-0.4, -0.2) is 34.0 Å². The third-order valence-electron chi connectivity index (χ3n) is 3.42. The lowest BCUT2D eigenvalue weighted by molar-refractivity contribution is 0.0952. The molecule has 24 heavy (non-hydrogen) atoms. The maximum atomic E-state index is 12.4. The van der Waals surface area contributed by atoms with Gasteiger partial charge in [0, 0.05) is 18.2 Å². The summed E-state index contributed by atoms with van der Waals surface area (Å²) in [7, 11) is -2.35. The second-order valence-corrected chi connectivity index (χ2v) is 7.64. The smallest absolute Gasteiger partial charge is 0.251 e. The van der Waals surface area contributed by atoms with Crippen LogP contribution in [0.5, 0.6) is 5.75 Å². The Labute approximate surface area is 145 Å². The quantitative estimate of drug-likeness (QED) is 0.631. The second kappa shape index (κ2) is 9.64. The van der Waals surface area contributed by atoms with Crippen LogP contribution in [0.1, 0.15) is 56.8 Å². The number of carbonyl (C=O) groups is 1. The molecule has 1 amide bonds. The predicted molar refractivity (Wildman–Crippen MR) is 94.9 cm³/mol. The van der Waals surface area contributed by atoms with Crippen LogP contribution in [0.2, 0.25) is 0 Å². The minimum atomic E-state index is -3.75. The largest absolute Gasteiger partial charge is 0.495 e. The molecule has 1 rings (SSSR count). The SMILES string of the molecule is CCCCCCNC(=O)c1ccc(OC)c(S(=O)(=O)NC(C)C)c1. The fraction of sp³-hybridized carbons (Fsp3) is 0.588. The zero-order valence-electron chi connectivity index (χ0n) is 14.9. The number of methoxy groups -OCH3 is 1. The van der Waals surface area contributed by atoms with E-state index in [1.54, 1.807) is 19.9 Å². The Hall–Kier alpha value is -1.60. The second-order valence-electron chi connectivity index (χ2n) is 5.96. The van der Waals surface area contributed by atoms with Gasteiger partial charge in [-0.1, -0.05) is 26.2 Å². The maximum Gasteiger partial charge on any atom is 0.251 e. The Bertz CT molecular complexity index is 642. The molecule has 136 valence electrons. The molecule has 0 unspecified atom stereocenters. The number of hydrogen-bond acceptors (Lipinski definition) is 4. The number of unbranched alkanes of at least 4 members (excludes halogenated alkanes) is 3. The van der Waals surface area contributed by atoms with Gasteiger partial charge in [0.2, 0.25) is 10.0 Å². The van der Waals surface area contributed by atoms with Crippen LogP contribution >= 0.6 is 0 Å². The van der Waals surface area contributed by atoms with E-state index in [-0.39, 0.29) is 22.6 Å². The van der Waals surface area contributed by atoms with Crippen LogP contribution in [0, 0.1) is 0 Å². The van der Waals surface area contributed by atoms with E-state index in [9.17, 15) is 13.2 Å². The molecule has 2 N–H and O–H groups in total. The van der Waals surface area contributed by atoms with Crippen molar-refractivity contribution in [3.05, 3.63) is 23.8 Å². The van der Waals surface area contributed by atoms with Gasteiger partial charge in [0.1, 0.15) is 10.6 Å². The third kappa shape index (κ3) is 6.13. The fourth-order valence-corrected chi connectivity index (χ4v) is 3.70. The van der Waals surface area contributed by atoms with Crippen molar-refractivity contribution in [2.24, 2.45) is 0 Å². The molecule has 0 aliphatic heterocycles. The van der Waals surface area contributed by atoms with Crippen molar-refractivity contribution >= 4 is 15.9 Å². The van der Waals surface area contributed by atoms with E-state index in [4.69, 9.17) is 4.74 Å². The van der Waals surface area contributed by atoms with Crippen molar-refractivity contribution in [3.63, 3.8) is 0 Å². The number of rotatable bonds is 10. The Morgan fingerprint density at radius 3 is 2.50 bits per heavy atom. The Balaban J connectivity index is 2.91. The van der Waals surface area contributed by atoms with Crippen LogP contribution in [-0.2, 0) is 10.0 Å². The van der Waals surface area contributed by atoms with Gasteiger partial charge in [-0.15, -0.1) is 0 Å². The van der Waals surface area contributed by atoms with Crippen molar-refractivity contribution in [3.8, 4) is 5.75 Å². The molecule has 0 heterocycles. The van der Waals surface area contributed by atoms with Crippen molar-refractivity contribution in [2.75, 3.05) is 13.7 Å². The number of nitrogens with one attached hydrogen (secondary N) is 2. The lowest BCUT2D eigenvalue weighted by Gasteiger charge is -2.14.